The molecule has 2 atom stereocenters. The topological polar surface area (TPSA) is 54.3 Å². The highest BCUT2D eigenvalue weighted by molar-refractivity contribution is 7.99. The van der Waals surface area contributed by atoms with Gasteiger partial charge in [-0.15, -0.1) is 11.8 Å². The SMILES string of the molecule is CCN1CCCC1CNC(=O)c1c2n(c(C)cc1=O)-c1ccccc1SC(c1ccsc1)C2. The molecule has 3 aromatic rings. The Kier molecular flexibility index (Phi) is 6.45. The van der Waals surface area contributed by atoms with E-state index in [0.29, 0.717) is 24.6 Å². The van der Waals surface area contributed by atoms with E-state index in [0.717, 1.165) is 47.9 Å². The Morgan fingerprint density at radius 1 is 1.24 bits per heavy atom. The van der Waals surface area contributed by atoms with E-state index in [4.69, 9.17) is 0 Å². The second kappa shape index (κ2) is 9.49. The highest BCUT2D eigenvalue weighted by Gasteiger charge is 2.30. The molecule has 1 saturated heterocycles. The smallest absolute Gasteiger partial charge is 0.257 e. The summed E-state index contributed by atoms with van der Waals surface area (Å²) in [5.41, 5.74) is 4.04. The van der Waals surface area contributed by atoms with Crippen LogP contribution in [0.1, 0.15) is 52.3 Å². The molecule has 172 valence electrons. The van der Waals surface area contributed by atoms with Gasteiger partial charge in [-0.3, -0.25) is 14.5 Å². The molecule has 1 aromatic carbocycles. The molecule has 0 bridgehead atoms. The van der Waals surface area contributed by atoms with Crippen LogP contribution in [0.3, 0.4) is 0 Å². The first-order valence-corrected chi connectivity index (χ1v) is 13.4. The first-order chi connectivity index (χ1) is 16.1. The number of nitrogens with zero attached hydrogens (tertiary/aromatic N) is 2. The molecule has 0 aliphatic carbocycles. The summed E-state index contributed by atoms with van der Waals surface area (Å²) in [7, 11) is 0. The van der Waals surface area contributed by atoms with Crippen molar-refractivity contribution < 1.29 is 4.79 Å². The predicted molar refractivity (Wildman–Crippen MR) is 136 cm³/mol. The Morgan fingerprint density at radius 2 is 2.09 bits per heavy atom. The van der Waals surface area contributed by atoms with Gasteiger partial charge in [0.1, 0.15) is 5.56 Å². The van der Waals surface area contributed by atoms with E-state index >= 15 is 0 Å². The van der Waals surface area contributed by atoms with E-state index < -0.39 is 0 Å². The first-order valence-electron chi connectivity index (χ1n) is 11.6. The number of benzene rings is 1. The minimum Gasteiger partial charge on any atom is -0.350 e. The van der Waals surface area contributed by atoms with E-state index in [1.165, 1.54) is 5.56 Å². The fraction of sp³-hybridized carbons (Fsp3) is 0.385. The van der Waals surface area contributed by atoms with Crippen molar-refractivity contribution in [3.05, 3.63) is 79.9 Å². The lowest BCUT2D eigenvalue weighted by molar-refractivity contribution is 0.0938. The van der Waals surface area contributed by atoms with Crippen LogP contribution in [0.5, 0.6) is 0 Å². The van der Waals surface area contributed by atoms with Crippen LogP contribution in [0.25, 0.3) is 5.69 Å². The fourth-order valence-electron chi connectivity index (χ4n) is 5.16. The molecule has 5 rings (SSSR count). The summed E-state index contributed by atoms with van der Waals surface area (Å²) >= 11 is 3.49. The molecule has 7 heteroatoms. The second-order valence-electron chi connectivity index (χ2n) is 8.78. The summed E-state index contributed by atoms with van der Waals surface area (Å²) in [6, 6.07) is 12.4. The number of rotatable bonds is 5. The Bertz CT molecular complexity index is 1220. The van der Waals surface area contributed by atoms with E-state index in [1.54, 1.807) is 17.4 Å². The van der Waals surface area contributed by atoms with Crippen molar-refractivity contribution in [2.24, 2.45) is 0 Å². The first kappa shape index (κ1) is 22.4. The van der Waals surface area contributed by atoms with E-state index in [-0.39, 0.29) is 16.6 Å². The zero-order valence-electron chi connectivity index (χ0n) is 19.0. The summed E-state index contributed by atoms with van der Waals surface area (Å²) in [6.07, 6.45) is 2.87. The third-order valence-corrected chi connectivity index (χ3v) is 8.82. The summed E-state index contributed by atoms with van der Waals surface area (Å²) in [5.74, 6) is -0.250. The Balaban J connectivity index is 1.57. The summed E-state index contributed by atoms with van der Waals surface area (Å²) in [5, 5.41) is 7.51. The van der Waals surface area contributed by atoms with Crippen molar-refractivity contribution in [1.82, 2.24) is 14.8 Å². The molecule has 0 saturated carbocycles. The normalized spacial score (nSPS) is 20.2. The average molecular weight is 480 g/mol. The van der Waals surface area contributed by atoms with E-state index in [2.05, 4.69) is 50.7 Å². The van der Waals surface area contributed by atoms with Crippen molar-refractivity contribution in [2.45, 2.75) is 49.3 Å². The number of para-hydroxylation sites is 1. The minimum atomic E-state index is -0.250. The van der Waals surface area contributed by atoms with Gasteiger partial charge in [0.15, 0.2) is 5.43 Å². The van der Waals surface area contributed by atoms with Crippen LogP contribution >= 0.6 is 23.1 Å². The number of likely N-dealkylation sites (tertiary alicyclic amines) is 1. The molecule has 2 aromatic heterocycles. The standard InChI is InChI=1S/C26H29N3O2S2/c1-3-28-11-6-7-19(28)15-27-26(31)25-21-14-24(18-10-12-32-16-18)33-23-9-5-4-8-20(23)29(21)17(2)13-22(25)30/h4-5,8-10,12-13,16,19,24H,3,6-7,11,14-15H2,1-2H3,(H,27,31). The lowest BCUT2D eigenvalue weighted by Crippen LogP contribution is -2.41. The Morgan fingerprint density at radius 3 is 2.88 bits per heavy atom. The van der Waals surface area contributed by atoms with Crippen molar-refractivity contribution in [3.63, 3.8) is 0 Å². The molecule has 2 aliphatic heterocycles. The van der Waals surface area contributed by atoms with Gasteiger partial charge in [-0.1, -0.05) is 19.1 Å². The van der Waals surface area contributed by atoms with Crippen LogP contribution < -0.4 is 10.7 Å². The van der Waals surface area contributed by atoms with Crippen molar-refractivity contribution >= 4 is 29.0 Å². The number of pyridine rings is 1. The zero-order valence-corrected chi connectivity index (χ0v) is 20.7. The molecule has 2 unspecified atom stereocenters. The maximum Gasteiger partial charge on any atom is 0.257 e. The van der Waals surface area contributed by atoms with Crippen LogP contribution in [-0.2, 0) is 6.42 Å². The third-order valence-electron chi connectivity index (χ3n) is 6.80. The maximum atomic E-state index is 13.5. The molecule has 0 radical (unpaired) electrons. The molecular weight excluding hydrogens is 450 g/mol. The summed E-state index contributed by atoms with van der Waals surface area (Å²) in [4.78, 5) is 30.2. The van der Waals surface area contributed by atoms with Gasteiger partial charge in [0.25, 0.3) is 5.91 Å². The lowest BCUT2D eigenvalue weighted by atomic mass is 10.0. The lowest BCUT2D eigenvalue weighted by Gasteiger charge is -2.24. The van der Waals surface area contributed by atoms with Gasteiger partial charge >= 0.3 is 0 Å². The number of thiophene rings is 1. The van der Waals surface area contributed by atoms with Gasteiger partial charge in [0, 0.05) is 46.6 Å². The summed E-state index contributed by atoms with van der Waals surface area (Å²) in [6.45, 7) is 6.76. The molecule has 4 heterocycles. The number of aryl methyl sites for hydroxylation is 1. The van der Waals surface area contributed by atoms with Crippen molar-refractivity contribution in [1.29, 1.82) is 0 Å². The fourth-order valence-corrected chi connectivity index (χ4v) is 7.23. The van der Waals surface area contributed by atoms with Crippen LogP contribution in [-0.4, -0.2) is 41.1 Å². The largest absolute Gasteiger partial charge is 0.350 e. The molecule has 0 spiro atoms. The highest BCUT2D eigenvalue weighted by Crippen LogP contribution is 2.44. The maximum absolute atomic E-state index is 13.5. The highest BCUT2D eigenvalue weighted by atomic mass is 32.2. The number of amides is 1. The number of likely N-dealkylation sites (N-methyl/N-ethyl adjacent to an activating group) is 1. The van der Waals surface area contributed by atoms with Crippen LogP contribution in [0.15, 0.2) is 56.8 Å². The van der Waals surface area contributed by atoms with Gasteiger partial charge in [0.2, 0.25) is 0 Å². The number of hydrogen-bond donors (Lipinski definition) is 1. The predicted octanol–water partition coefficient (Wildman–Crippen LogP) is 4.81. The van der Waals surface area contributed by atoms with Gasteiger partial charge in [-0.2, -0.15) is 11.3 Å². The van der Waals surface area contributed by atoms with E-state index in [1.807, 2.05) is 30.8 Å². The third kappa shape index (κ3) is 4.29. The monoisotopic (exact) mass is 479 g/mol. The number of thioether (sulfide) groups is 1. The molecule has 1 fully saturated rings. The number of carbonyl (C=O) groups is 1. The second-order valence-corrected chi connectivity index (χ2v) is 10.8. The van der Waals surface area contributed by atoms with Crippen molar-refractivity contribution in [3.8, 4) is 5.69 Å². The zero-order chi connectivity index (χ0) is 22.9. The molecular formula is C26H29N3O2S2. The van der Waals surface area contributed by atoms with Gasteiger partial charge < -0.3 is 9.88 Å². The quantitative estimate of drug-likeness (QED) is 0.571. The minimum absolute atomic E-state index is 0.143. The van der Waals surface area contributed by atoms with Crippen LogP contribution in [0.2, 0.25) is 0 Å². The molecule has 1 N–H and O–H groups in total. The summed E-state index contributed by atoms with van der Waals surface area (Å²) < 4.78 is 2.12. The van der Waals surface area contributed by atoms with E-state index in [9.17, 15) is 9.59 Å². The molecule has 5 nitrogen and oxygen atoms in total. The molecule has 1 amide bonds. The van der Waals surface area contributed by atoms with Crippen LogP contribution in [0, 0.1) is 6.92 Å². The van der Waals surface area contributed by atoms with Gasteiger partial charge in [0.05, 0.1) is 5.69 Å². The molecule has 33 heavy (non-hydrogen) atoms. The van der Waals surface area contributed by atoms with Gasteiger partial charge in [-0.05, 0) is 67.4 Å². The average Bonchev–Trinajstić information content (AvgIpc) is 3.47. The van der Waals surface area contributed by atoms with Crippen molar-refractivity contribution in [2.75, 3.05) is 19.6 Å². The Hall–Kier alpha value is -2.35. The number of nitrogens with one attached hydrogen (secondary N) is 1. The number of aromatic nitrogens is 1. The Labute approximate surface area is 202 Å². The molecule has 2 aliphatic rings. The number of carbonyl (C=O) groups excluding carboxylic acids is 1. The van der Waals surface area contributed by atoms with Gasteiger partial charge in [-0.25, -0.2) is 0 Å². The number of hydrogen-bond acceptors (Lipinski definition) is 5. The number of fused-ring (bicyclic) bond motifs is 3. The van der Waals surface area contributed by atoms with Crippen LogP contribution in [0.4, 0.5) is 0 Å².